The average Bonchev–Trinajstić information content (AvgIpc) is 2.79. The predicted octanol–water partition coefficient (Wildman–Crippen LogP) is 4.26. The number of ether oxygens (including phenoxy) is 1. The number of hydrogen-bond acceptors (Lipinski definition) is 5. The zero-order valence-corrected chi connectivity index (χ0v) is 16.6. The fourth-order valence-corrected chi connectivity index (χ4v) is 3.07. The second kappa shape index (κ2) is 9.67. The summed E-state index contributed by atoms with van der Waals surface area (Å²) in [6, 6.07) is 16.6. The molecule has 0 amide bonds. The van der Waals surface area contributed by atoms with Crippen LogP contribution in [0.15, 0.2) is 78.5 Å². The van der Waals surface area contributed by atoms with E-state index in [1.165, 1.54) is 55.6 Å². The number of benzene rings is 3. The van der Waals surface area contributed by atoms with E-state index in [0.717, 1.165) is 0 Å². The summed E-state index contributed by atoms with van der Waals surface area (Å²) in [5.74, 6) is -1.27. The third-order valence-electron chi connectivity index (χ3n) is 4.68. The first-order valence-corrected chi connectivity index (χ1v) is 9.34. The van der Waals surface area contributed by atoms with Crippen molar-refractivity contribution in [3.8, 4) is 5.75 Å². The molecule has 5 nitrogen and oxygen atoms in total. The van der Waals surface area contributed by atoms with Crippen LogP contribution in [0.5, 0.6) is 5.75 Å². The maximum atomic E-state index is 14.2. The van der Waals surface area contributed by atoms with E-state index in [0.29, 0.717) is 23.3 Å². The van der Waals surface area contributed by atoms with E-state index in [4.69, 9.17) is 10.5 Å². The Morgan fingerprint density at radius 2 is 1.74 bits per heavy atom. The van der Waals surface area contributed by atoms with Gasteiger partial charge in [-0.3, -0.25) is 9.59 Å². The van der Waals surface area contributed by atoms with Crippen LogP contribution in [0.2, 0.25) is 0 Å². The van der Waals surface area contributed by atoms with Crippen LogP contribution in [0.25, 0.3) is 5.57 Å². The molecule has 7 heteroatoms. The number of carbonyl (C=O) groups is 2. The standard InChI is InChI=1S/C24H20F2N2O3/c1-31-18-6-4-5-17(13-18)28-23(15-9-11-16(25)12-10-15)24(30)22(27)20(14-29)19-7-2-3-8-21(19)26/h2-14,23,28H,27H2,1H3. The normalized spacial score (nSPS) is 12.5. The highest BCUT2D eigenvalue weighted by atomic mass is 19.1. The number of carbonyl (C=O) groups excluding carboxylic acids is 2. The van der Waals surface area contributed by atoms with Crippen molar-refractivity contribution in [3.05, 3.63) is 101 Å². The summed E-state index contributed by atoms with van der Waals surface area (Å²) < 4.78 is 32.9. The Kier molecular flexibility index (Phi) is 6.77. The Balaban J connectivity index is 2.07. The molecule has 0 fully saturated rings. The number of nitrogens with two attached hydrogens (primary N) is 1. The van der Waals surface area contributed by atoms with Gasteiger partial charge in [-0.25, -0.2) is 8.78 Å². The van der Waals surface area contributed by atoms with E-state index in [1.54, 1.807) is 24.3 Å². The summed E-state index contributed by atoms with van der Waals surface area (Å²) >= 11 is 0. The molecule has 158 valence electrons. The summed E-state index contributed by atoms with van der Waals surface area (Å²) in [4.78, 5) is 25.0. The molecule has 3 aromatic rings. The summed E-state index contributed by atoms with van der Waals surface area (Å²) in [6.45, 7) is 0. The highest BCUT2D eigenvalue weighted by molar-refractivity contribution is 6.18. The number of hydrogen-bond donors (Lipinski definition) is 2. The SMILES string of the molecule is COc1cccc(NC(C(=O)C(N)=C(C=O)c2ccccc2F)c2ccc(F)cc2)c1. The van der Waals surface area contributed by atoms with Crippen LogP contribution in [-0.4, -0.2) is 19.2 Å². The summed E-state index contributed by atoms with van der Waals surface area (Å²) in [5, 5.41) is 3.04. The van der Waals surface area contributed by atoms with Crippen LogP contribution in [0.1, 0.15) is 17.2 Å². The van der Waals surface area contributed by atoms with Crippen LogP contribution < -0.4 is 15.8 Å². The quantitative estimate of drug-likeness (QED) is 0.419. The number of anilines is 1. The Morgan fingerprint density at radius 1 is 1.03 bits per heavy atom. The van der Waals surface area contributed by atoms with Gasteiger partial charge in [0.05, 0.1) is 18.4 Å². The summed E-state index contributed by atoms with van der Waals surface area (Å²) in [7, 11) is 1.51. The Labute approximate surface area is 178 Å². The number of rotatable bonds is 8. The monoisotopic (exact) mass is 422 g/mol. The molecule has 0 bridgehead atoms. The van der Waals surface area contributed by atoms with Crippen LogP contribution in [-0.2, 0) is 9.59 Å². The highest BCUT2D eigenvalue weighted by Crippen LogP contribution is 2.27. The lowest BCUT2D eigenvalue weighted by atomic mass is 9.95. The molecule has 0 heterocycles. The van der Waals surface area contributed by atoms with E-state index in [-0.39, 0.29) is 11.1 Å². The van der Waals surface area contributed by atoms with Crippen molar-refractivity contribution < 1.29 is 23.1 Å². The lowest BCUT2D eigenvalue weighted by molar-refractivity contribution is -0.116. The van der Waals surface area contributed by atoms with Gasteiger partial charge in [-0.05, 0) is 35.9 Å². The van der Waals surface area contributed by atoms with Gasteiger partial charge in [-0.2, -0.15) is 0 Å². The van der Waals surface area contributed by atoms with Crippen LogP contribution in [0.3, 0.4) is 0 Å². The second-order valence-electron chi connectivity index (χ2n) is 6.65. The minimum Gasteiger partial charge on any atom is -0.497 e. The Hall–Kier alpha value is -4.00. The van der Waals surface area contributed by atoms with Crippen molar-refractivity contribution in [1.82, 2.24) is 0 Å². The fraction of sp³-hybridized carbons (Fsp3) is 0.0833. The number of methoxy groups -OCH3 is 1. The van der Waals surface area contributed by atoms with E-state index < -0.39 is 29.2 Å². The molecule has 31 heavy (non-hydrogen) atoms. The van der Waals surface area contributed by atoms with Crippen molar-refractivity contribution in [2.24, 2.45) is 5.73 Å². The maximum Gasteiger partial charge on any atom is 0.205 e. The third-order valence-corrected chi connectivity index (χ3v) is 4.68. The van der Waals surface area contributed by atoms with Gasteiger partial charge in [0.2, 0.25) is 5.78 Å². The van der Waals surface area contributed by atoms with E-state index >= 15 is 0 Å². The molecular formula is C24H20F2N2O3. The van der Waals surface area contributed by atoms with Crippen molar-refractivity contribution in [3.63, 3.8) is 0 Å². The minimum atomic E-state index is -1.06. The summed E-state index contributed by atoms with van der Waals surface area (Å²) in [6.07, 6.45) is 0.346. The molecular weight excluding hydrogens is 402 g/mol. The largest absolute Gasteiger partial charge is 0.497 e. The first-order valence-electron chi connectivity index (χ1n) is 9.34. The Morgan fingerprint density at radius 3 is 2.39 bits per heavy atom. The number of nitrogens with one attached hydrogen (secondary N) is 1. The molecule has 0 radical (unpaired) electrons. The van der Waals surface area contributed by atoms with Gasteiger partial charge in [0.15, 0.2) is 6.29 Å². The van der Waals surface area contributed by atoms with E-state index in [2.05, 4.69) is 5.32 Å². The minimum absolute atomic E-state index is 0.0809. The molecule has 3 N–H and O–H groups in total. The molecule has 3 rings (SSSR count). The first kappa shape index (κ1) is 21.7. The summed E-state index contributed by atoms with van der Waals surface area (Å²) in [5.41, 5.74) is 6.24. The number of aldehydes is 1. The molecule has 0 saturated carbocycles. The highest BCUT2D eigenvalue weighted by Gasteiger charge is 2.26. The van der Waals surface area contributed by atoms with Gasteiger partial charge >= 0.3 is 0 Å². The lowest BCUT2D eigenvalue weighted by Crippen LogP contribution is -2.27. The second-order valence-corrected chi connectivity index (χ2v) is 6.65. The molecule has 0 aliphatic heterocycles. The van der Waals surface area contributed by atoms with Crippen molar-refractivity contribution in [2.75, 3.05) is 12.4 Å². The first-order chi connectivity index (χ1) is 14.9. The van der Waals surface area contributed by atoms with Crippen LogP contribution in [0, 0.1) is 11.6 Å². The number of ketones is 1. The molecule has 0 aliphatic carbocycles. The van der Waals surface area contributed by atoms with E-state index in [9.17, 15) is 18.4 Å². The van der Waals surface area contributed by atoms with Crippen molar-refractivity contribution in [1.29, 1.82) is 0 Å². The number of Topliss-reactive ketones (excluding diaryl/α,β-unsaturated/α-hetero) is 1. The number of allylic oxidation sites excluding steroid dienone is 1. The smallest absolute Gasteiger partial charge is 0.205 e. The molecule has 1 unspecified atom stereocenters. The zero-order valence-electron chi connectivity index (χ0n) is 16.6. The molecule has 0 aromatic heterocycles. The molecule has 0 saturated heterocycles. The van der Waals surface area contributed by atoms with Crippen molar-refractivity contribution in [2.45, 2.75) is 6.04 Å². The average molecular weight is 422 g/mol. The molecule has 3 aromatic carbocycles. The van der Waals surface area contributed by atoms with Crippen LogP contribution in [0.4, 0.5) is 14.5 Å². The predicted molar refractivity (Wildman–Crippen MR) is 114 cm³/mol. The van der Waals surface area contributed by atoms with Crippen molar-refractivity contribution >= 4 is 23.3 Å². The molecule has 0 spiro atoms. The van der Waals surface area contributed by atoms with Crippen LogP contribution >= 0.6 is 0 Å². The maximum absolute atomic E-state index is 14.2. The van der Waals surface area contributed by atoms with Gasteiger partial charge in [-0.1, -0.05) is 36.4 Å². The zero-order chi connectivity index (χ0) is 22.4. The molecule has 0 aliphatic rings. The third kappa shape index (κ3) is 4.95. The Bertz CT molecular complexity index is 1130. The van der Waals surface area contributed by atoms with Gasteiger partial charge in [0.25, 0.3) is 0 Å². The van der Waals surface area contributed by atoms with Gasteiger partial charge in [0.1, 0.15) is 23.4 Å². The van der Waals surface area contributed by atoms with Gasteiger partial charge < -0.3 is 15.8 Å². The fourth-order valence-electron chi connectivity index (χ4n) is 3.07. The van der Waals surface area contributed by atoms with E-state index in [1.807, 2.05) is 0 Å². The molecule has 1 atom stereocenters. The lowest BCUT2D eigenvalue weighted by Gasteiger charge is -2.21. The van der Waals surface area contributed by atoms with Gasteiger partial charge in [-0.15, -0.1) is 0 Å². The van der Waals surface area contributed by atoms with Gasteiger partial charge in [0, 0.05) is 17.3 Å². The number of halogens is 2. The topological polar surface area (TPSA) is 81.4 Å².